The van der Waals surface area contributed by atoms with Crippen LogP contribution in [0.4, 0.5) is 8.78 Å². The number of nitriles is 1. The van der Waals surface area contributed by atoms with E-state index in [9.17, 15) is 8.78 Å². The number of halogens is 3. The molecule has 2 nitrogen and oxygen atoms in total. The molecule has 0 aliphatic heterocycles. The Kier molecular flexibility index (Phi) is 4.70. The summed E-state index contributed by atoms with van der Waals surface area (Å²) >= 11 is 3.23. The topological polar surface area (TPSA) is 33.0 Å². The third-order valence-corrected chi connectivity index (χ3v) is 3.36. The normalized spacial score (nSPS) is 10.1. The fraction of sp³-hybridized carbons (Fsp3) is 0.133. The lowest BCUT2D eigenvalue weighted by atomic mass is 10.1. The van der Waals surface area contributed by atoms with Gasteiger partial charge in [0.05, 0.1) is 11.6 Å². The van der Waals surface area contributed by atoms with Gasteiger partial charge in [-0.25, -0.2) is 8.78 Å². The van der Waals surface area contributed by atoms with Crippen molar-refractivity contribution in [2.24, 2.45) is 0 Å². The smallest absolute Gasteiger partial charge is 0.165 e. The van der Waals surface area contributed by atoms with Crippen molar-refractivity contribution >= 4 is 15.9 Å². The molecule has 0 radical (unpaired) electrons. The lowest BCUT2D eigenvalue weighted by Crippen LogP contribution is -2.00. The first-order valence-electron chi connectivity index (χ1n) is 5.79. The average Bonchev–Trinajstić information content (AvgIpc) is 2.46. The predicted octanol–water partition coefficient (Wildman–Crippen LogP) is 4.31. The van der Waals surface area contributed by atoms with E-state index in [1.165, 1.54) is 24.3 Å². The minimum atomic E-state index is -0.540. The summed E-state index contributed by atoms with van der Waals surface area (Å²) in [5.41, 5.74) is 1.30. The Morgan fingerprint density at radius 3 is 2.50 bits per heavy atom. The van der Waals surface area contributed by atoms with Crippen molar-refractivity contribution in [2.75, 3.05) is 0 Å². The number of rotatable bonds is 4. The number of hydrogen-bond acceptors (Lipinski definition) is 2. The van der Waals surface area contributed by atoms with Crippen LogP contribution in [0.15, 0.2) is 36.4 Å². The highest BCUT2D eigenvalue weighted by Crippen LogP contribution is 2.21. The van der Waals surface area contributed by atoms with Gasteiger partial charge in [-0.1, -0.05) is 28.1 Å². The molecule has 2 aromatic carbocycles. The molecule has 0 aromatic heterocycles. The molecule has 0 saturated heterocycles. The summed E-state index contributed by atoms with van der Waals surface area (Å²) in [5, 5.41) is 9.20. The number of ether oxygens (including phenoxy) is 1. The molecule has 0 fully saturated rings. The largest absolute Gasteiger partial charge is 0.486 e. The molecule has 0 amide bonds. The van der Waals surface area contributed by atoms with Crippen LogP contribution in [0.25, 0.3) is 0 Å². The molecule has 0 atom stereocenters. The quantitative estimate of drug-likeness (QED) is 0.779. The van der Waals surface area contributed by atoms with Crippen LogP contribution in [0.3, 0.4) is 0 Å². The summed E-state index contributed by atoms with van der Waals surface area (Å²) in [7, 11) is 0. The zero-order valence-electron chi connectivity index (χ0n) is 10.4. The molecule has 0 bridgehead atoms. The van der Waals surface area contributed by atoms with Crippen molar-refractivity contribution in [1.82, 2.24) is 0 Å². The molecule has 0 saturated carbocycles. The summed E-state index contributed by atoms with van der Waals surface area (Å²) < 4.78 is 32.6. The third-order valence-electron chi connectivity index (χ3n) is 2.72. The first kappa shape index (κ1) is 14.5. The van der Waals surface area contributed by atoms with Crippen LogP contribution < -0.4 is 4.74 Å². The van der Waals surface area contributed by atoms with Crippen LogP contribution in [0.2, 0.25) is 0 Å². The van der Waals surface area contributed by atoms with E-state index in [0.717, 1.165) is 11.6 Å². The van der Waals surface area contributed by atoms with Gasteiger partial charge in [-0.15, -0.1) is 0 Å². The maximum absolute atomic E-state index is 13.7. The maximum atomic E-state index is 13.7. The second-order valence-corrected chi connectivity index (χ2v) is 4.67. The Bertz CT molecular complexity index is 667. The van der Waals surface area contributed by atoms with Crippen LogP contribution in [-0.4, -0.2) is 0 Å². The van der Waals surface area contributed by atoms with E-state index >= 15 is 0 Å². The van der Waals surface area contributed by atoms with Crippen LogP contribution in [0.1, 0.15) is 16.7 Å². The Balaban J connectivity index is 2.11. The van der Waals surface area contributed by atoms with Crippen LogP contribution in [0.5, 0.6) is 5.75 Å². The van der Waals surface area contributed by atoms with Gasteiger partial charge in [0.1, 0.15) is 12.4 Å². The summed E-state index contributed by atoms with van der Waals surface area (Å²) in [4.78, 5) is 0. The third kappa shape index (κ3) is 3.34. The van der Waals surface area contributed by atoms with Gasteiger partial charge in [-0.3, -0.25) is 0 Å². The molecule has 0 unspecified atom stereocenters. The van der Waals surface area contributed by atoms with E-state index in [-0.39, 0.29) is 23.5 Å². The zero-order chi connectivity index (χ0) is 14.5. The van der Waals surface area contributed by atoms with Gasteiger partial charge >= 0.3 is 0 Å². The van der Waals surface area contributed by atoms with Crippen molar-refractivity contribution in [2.45, 2.75) is 11.9 Å². The average molecular weight is 338 g/mol. The fourth-order valence-corrected chi connectivity index (χ4v) is 1.98. The highest BCUT2D eigenvalue weighted by atomic mass is 79.9. The SMILES string of the molecule is N#Cc1ccc(COc2ccc(CBr)cc2F)c(F)c1. The number of alkyl halides is 1. The molecule has 0 spiro atoms. The van der Waals surface area contributed by atoms with Gasteiger partial charge in [0, 0.05) is 10.9 Å². The van der Waals surface area contributed by atoms with Crippen LogP contribution in [0, 0.1) is 23.0 Å². The van der Waals surface area contributed by atoms with E-state index < -0.39 is 11.6 Å². The monoisotopic (exact) mass is 337 g/mol. The maximum Gasteiger partial charge on any atom is 0.165 e. The number of hydrogen-bond donors (Lipinski definition) is 0. The lowest BCUT2D eigenvalue weighted by molar-refractivity contribution is 0.284. The molecule has 102 valence electrons. The van der Waals surface area contributed by atoms with Gasteiger partial charge < -0.3 is 4.74 Å². The van der Waals surface area contributed by atoms with Crippen molar-refractivity contribution in [1.29, 1.82) is 5.26 Å². The molecular weight excluding hydrogens is 328 g/mol. The highest BCUT2D eigenvalue weighted by molar-refractivity contribution is 9.08. The standard InChI is InChI=1S/C15H10BrF2NO/c16-7-10-2-4-15(14(18)5-10)20-9-12-3-1-11(8-19)6-13(12)17/h1-6H,7,9H2. The zero-order valence-corrected chi connectivity index (χ0v) is 12.0. The minimum absolute atomic E-state index is 0.0680. The predicted molar refractivity (Wildman–Crippen MR) is 74.5 cm³/mol. The Hall–Kier alpha value is -1.93. The first-order valence-corrected chi connectivity index (χ1v) is 6.92. The molecular formula is C15H10BrF2NO. The van der Waals surface area contributed by atoms with Crippen LogP contribution in [-0.2, 0) is 11.9 Å². The van der Waals surface area contributed by atoms with E-state index in [2.05, 4.69) is 15.9 Å². The summed E-state index contributed by atoms with van der Waals surface area (Å²) in [5.74, 6) is -0.962. The molecule has 0 heterocycles. The van der Waals surface area contributed by atoms with Crippen molar-refractivity contribution in [3.8, 4) is 11.8 Å². The molecule has 5 heteroatoms. The van der Waals surface area contributed by atoms with E-state index in [4.69, 9.17) is 10.00 Å². The summed E-state index contributed by atoms with van der Waals surface area (Å²) in [6.07, 6.45) is 0. The number of benzene rings is 2. The van der Waals surface area contributed by atoms with E-state index in [1.54, 1.807) is 6.07 Å². The second-order valence-electron chi connectivity index (χ2n) is 4.11. The van der Waals surface area contributed by atoms with Crippen molar-refractivity contribution < 1.29 is 13.5 Å². The van der Waals surface area contributed by atoms with E-state index in [0.29, 0.717) is 5.33 Å². The van der Waals surface area contributed by atoms with Gasteiger partial charge in [-0.05, 0) is 29.8 Å². The second kappa shape index (κ2) is 6.49. The Morgan fingerprint density at radius 2 is 1.90 bits per heavy atom. The molecule has 2 rings (SSSR count). The van der Waals surface area contributed by atoms with Gasteiger partial charge in [0.25, 0.3) is 0 Å². The molecule has 2 aromatic rings. The van der Waals surface area contributed by atoms with Crippen molar-refractivity contribution in [3.05, 3.63) is 64.7 Å². The molecule has 0 aliphatic carbocycles. The minimum Gasteiger partial charge on any atom is -0.486 e. The number of nitrogens with zero attached hydrogens (tertiary/aromatic N) is 1. The van der Waals surface area contributed by atoms with E-state index in [1.807, 2.05) is 6.07 Å². The molecule has 20 heavy (non-hydrogen) atoms. The summed E-state index contributed by atoms with van der Waals surface area (Å²) in [6.45, 7) is -0.0951. The van der Waals surface area contributed by atoms with Gasteiger partial charge in [-0.2, -0.15) is 5.26 Å². The lowest BCUT2D eigenvalue weighted by Gasteiger charge is -2.09. The highest BCUT2D eigenvalue weighted by Gasteiger charge is 2.08. The summed E-state index contributed by atoms with van der Waals surface area (Å²) in [6, 6.07) is 10.5. The van der Waals surface area contributed by atoms with Gasteiger partial charge in [0.15, 0.2) is 11.6 Å². The van der Waals surface area contributed by atoms with Crippen LogP contribution >= 0.6 is 15.9 Å². The van der Waals surface area contributed by atoms with Gasteiger partial charge in [0.2, 0.25) is 0 Å². The Morgan fingerprint density at radius 1 is 1.10 bits per heavy atom. The Labute approximate surface area is 123 Å². The molecule has 0 N–H and O–H groups in total. The molecule has 0 aliphatic rings. The van der Waals surface area contributed by atoms with Crippen molar-refractivity contribution in [3.63, 3.8) is 0 Å². The fourth-order valence-electron chi connectivity index (χ4n) is 1.63. The first-order chi connectivity index (χ1) is 9.63.